The molecule has 5 heteroatoms. The van der Waals surface area contributed by atoms with E-state index in [4.69, 9.17) is 4.74 Å². The van der Waals surface area contributed by atoms with Gasteiger partial charge in [0.05, 0.1) is 6.61 Å². The van der Waals surface area contributed by atoms with E-state index in [1.165, 1.54) is 0 Å². The molecule has 0 amide bonds. The van der Waals surface area contributed by atoms with Crippen molar-refractivity contribution in [3.63, 3.8) is 0 Å². The standard InChI is InChI=1S/C16H24F2N2O/c1-3-8-19-15(10-20(2)12-7-9-21-11-12)13-5-4-6-14(17)16(13)18/h4-6,12,15,19H,3,7-11H2,1-2H3. The van der Waals surface area contributed by atoms with Gasteiger partial charge in [0.15, 0.2) is 11.6 Å². The van der Waals surface area contributed by atoms with Crippen LogP contribution in [0.3, 0.4) is 0 Å². The Morgan fingerprint density at radius 1 is 1.43 bits per heavy atom. The number of nitrogens with one attached hydrogen (secondary N) is 1. The van der Waals surface area contributed by atoms with Gasteiger partial charge in [0.25, 0.3) is 0 Å². The fraction of sp³-hybridized carbons (Fsp3) is 0.625. The van der Waals surface area contributed by atoms with E-state index in [0.717, 1.165) is 32.1 Å². The lowest BCUT2D eigenvalue weighted by Gasteiger charge is -2.29. The Morgan fingerprint density at radius 2 is 2.24 bits per heavy atom. The fourth-order valence-corrected chi connectivity index (χ4v) is 2.69. The predicted molar refractivity (Wildman–Crippen MR) is 79.2 cm³/mol. The third-order valence-corrected chi connectivity index (χ3v) is 4.00. The summed E-state index contributed by atoms with van der Waals surface area (Å²) >= 11 is 0. The molecule has 1 saturated heterocycles. The number of hydrogen-bond donors (Lipinski definition) is 1. The molecule has 2 unspecified atom stereocenters. The number of nitrogens with zero attached hydrogens (tertiary/aromatic N) is 1. The molecule has 1 heterocycles. The predicted octanol–water partition coefficient (Wildman–Crippen LogP) is 2.73. The van der Waals surface area contributed by atoms with Gasteiger partial charge in [-0.15, -0.1) is 0 Å². The van der Waals surface area contributed by atoms with Crippen molar-refractivity contribution in [3.8, 4) is 0 Å². The number of likely N-dealkylation sites (N-methyl/N-ethyl adjacent to an activating group) is 1. The van der Waals surface area contributed by atoms with Gasteiger partial charge in [0, 0.05) is 30.8 Å². The first-order valence-corrected chi connectivity index (χ1v) is 7.58. The summed E-state index contributed by atoms with van der Waals surface area (Å²) in [4.78, 5) is 2.17. The molecule has 1 N–H and O–H groups in total. The molecule has 1 aromatic carbocycles. The molecule has 0 radical (unpaired) electrons. The SMILES string of the molecule is CCCNC(CN(C)C1CCOC1)c1cccc(F)c1F. The molecule has 3 nitrogen and oxygen atoms in total. The van der Waals surface area contributed by atoms with Crippen LogP contribution in [-0.2, 0) is 4.74 Å². The second kappa shape index (κ2) is 7.82. The summed E-state index contributed by atoms with van der Waals surface area (Å²) in [5.41, 5.74) is 0.397. The highest BCUT2D eigenvalue weighted by Gasteiger charge is 2.25. The van der Waals surface area contributed by atoms with Gasteiger partial charge in [-0.25, -0.2) is 8.78 Å². The summed E-state index contributed by atoms with van der Waals surface area (Å²) in [5.74, 6) is -1.54. The quantitative estimate of drug-likeness (QED) is 0.837. The summed E-state index contributed by atoms with van der Waals surface area (Å²) in [5, 5.41) is 3.32. The average Bonchev–Trinajstić information content (AvgIpc) is 3.01. The molecule has 1 aliphatic heterocycles. The van der Waals surface area contributed by atoms with Crippen LogP contribution in [0.2, 0.25) is 0 Å². The lowest BCUT2D eigenvalue weighted by atomic mass is 10.0. The van der Waals surface area contributed by atoms with Crippen LogP contribution in [0.4, 0.5) is 8.78 Å². The van der Waals surface area contributed by atoms with Gasteiger partial charge < -0.3 is 10.1 Å². The van der Waals surface area contributed by atoms with E-state index in [0.29, 0.717) is 24.8 Å². The summed E-state index contributed by atoms with van der Waals surface area (Å²) in [6.07, 6.45) is 1.94. The second-order valence-electron chi connectivity index (χ2n) is 5.61. The number of halogens is 2. The summed E-state index contributed by atoms with van der Waals surface area (Å²) < 4.78 is 32.9. The van der Waals surface area contributed by atoms with Crippen LogP contribution in [0.15, 0.2) is 18.2 Å². The maximum absolute atomic E-state index is 14.0. The lowest BCUT2D eigenvalue weighted by molar-refractivity contribution is 0.152. The number of ether oxygens (including phenoxy) is 1. The fourth-order valence-electron chi connectivity index (χ4n) is 2.69. The van der Waals surface area contributed by atoms with Crippen LogP contribution in [-0.4, -0.2) is 44.3 Å². The molecular weight excluding hydrogens is 274 g/mol. The van der Waals surface area contributed by atoms with Crippen LogP contribution in [0.25, 0.3) is 0 Å². The Hall–Kier alpha value is -1.04. The van der Waals surface area contributed by atoms with Gasteiger partial charge in [-0.1, -0.05) is 19.1 Å². The first-order chi connectivity index (χ1) is 10.1. The Morgan fingerprint density at radius 3 is 2.90 bits per heavy atom. The molecule has 1 aliphatic rings. The Bertz CT molecular complexity index is 450. The molecular formula is C16H24F2N2O. The monoisotopic (exact) mass is 298 g/mol. The molecule has 0 aromatic heterocycles. The van der Waals surface area contributed by atoms with Crippen LogP contribution >= 0.6 is 0 Å². The van der Waals surface area contributed by atoms with E-state index in [9.17, 15) is 8.78 Å². The summed E-state index contributed by atoms with van der Waals surface area (Å²) in [6.45, 7) is 4.95. The van der Waals surface area contributed by atoms with E-state index in [-0.39, 0.29) is 6.04 Å². The molecule has 118 valence electrons. The molecule has 1 aromatic rings. The van der Waals surface area contributed by atoms with Crippen molar-refractivity contribution in [2.24, 2.45) is 0 Å². The van der Waals surface area contributed by atoms with Gasteiger partial charge in [-0.2, -0.15) is 0 Å². The summed E-state index contributed by atoms with van der Waals surface area (Å²) in [7, 11) is 2.01. The maximum atomic E-state index is 14.0. The second-order valence-corrected chi connectivity index (χ2v) is 5.61. The minimum Gasteiger partial charge on any atom is -0.380 e. The number of hydrogen-bond acceptors (Lipinski definition) is 3. The molecule has 0 spiro atoms. The molecule has 0 saturated carbocycles. The van der Waals surface area contributed by atoms with Crippen LogP contribution in [0.5, 0.6) is 0 Å². The van der Waals surface area contributed by atoms with Crippen molar-refractivity contribution in [1.82, 2.24) is 10.2 Å². The summed E-state index contributed by atoms with van der Waals surface area (Å²) in [6, 6.07) is 4.51. The normalized spacial score (nSPS) is 20.1. The van der Waals surface area contributed by atoms with Crippen LogP contribution < -0.4 is 5.32 Å². The highest BCUT2D eigenvalue weighted by atomic mass is 19.2. The zero-order valence-electron chi connectivity index (χ0n) is 12.7. The van der Waals surface area contributed by atoms with E-state index in [1.807, 2.05) is 7.05 Å². The Labute approximate surface area is 125 Å². The van der Waals surface area contributed by atoms with Crippen molar-refractivity contribution >= 4 is 0 Å². The molecule has 2 atom stereocenters. The number of benzene rings is 1. The molecule has 0 aliphatic carbocycles. The van der Waals surface area contributed by atoms with Crippen molar-refractivity contribution in [2.45, 2.75) is 31.8 Å². The van der Waals surface area contributed by atoms with E-state index < -0.39 is 11.6 Å². The first-order valence-electron chi connectivity index (χ1n) is 7.58. The highest BCUT2D eigenvalue weighted by Crippen LogP contribution is 2.22. The van der Waals surface area contributed by atoms with Crippen LogP contribution in [0.1, 0.15) is 31.4 Å². The van der Waals surface area contributed by atoms with Gasteiger partial charge in [0.2, 0.25) is 0 Å². The minimum absolute atomic E-state index is 0.216. The highest BCUT2D eigenvalue weighted by molar-refractivity contribution is 5.23. The van der Waals surface area contributed by atoms with E-state index >= 15 is 0 Å². The maximum Gasteiger partial charge on any atom is 0.163 e. The van der Waals surface area contributed by atoms with Crippen molar-refractivity contribution in [3.05, 3.63) is 35.4 Å². The molecule has 0 bridgehead atoms. The van der Waals surface area contributed by atoms with Crippen molar-refractivity contribution < 1.29 is 13.5 Å². The topological polar surface area (TPSA) is 24.5 Å². The zero-order valence-corrected chi connectivity index (χ0v) is 12.7. The van der Waals surface area contributed by atoms with Crippen molar-refractivity contribution in [1.29, 1.82) is 0 Å². The Kier molecular flexibility index (Phi) is 6.08. The Balaban J connectivity index is 2.11. The van der Waals surface area contributed by atoms with Crippen molar-refractivity contribution in [2.75, 3.05) is 33.4 Å². The molecule has 2 rings (SSSR count). The third kappa shape index (κ3) is 4.22. The minimum atomic E-state index is -0.789. The smallest absolute Gasteiger partial charge is 0.163 e. The average molecular weight is 298 g/mol. The largest absolute Gasteiger partial charge is 0.380 e. The van der Waals surface area contributed by atoms with Gasteiger partial charge in [-0.3, -0.25) is 4.90 Å². The molecule has 21 heavy (non-hydrogen) atoms. The van der Waals surface area contributed by atoms with Gasteiger partial charge in [-0.05, 0) is 32.5 Å². The van der Waals surface area contributed by atoms with Gasteiger partial charge >= 0.3 is 0 Å². The molecule has 1 fully saturated rings. The number of rotatable bonds is 7. The third-order valence-electron chi connectivity index (χ3n) is 4.00. The lowest BCUT2D eigenvalue weighted by Crippen LogP contribution is -2.40. The van der Waals surface area contributed by atoms with Gasteiger partial charge in [0.1, 0.15) is 0 Å². The van der Waals surface area contributed by atoms with Crippen LogP contribution in [0, 0.1) is 11.6 Å². The zero-order chi connectivity index (χ0) is 15.2. The van der Waals surface area contributed by atoms with E-state index in [2.05, 4.69) is 17.1 Å². The van der Waals surface area contributed by atoms with E-state index in [1.54, 1.807) is 12.1 Å². The first kappa shape index (κ1) is 16.3.